The Morgan fingerprint density at radius 2 is 2.03 bits per heavy atom. The predicted molar refractivity (Wildman–Crippen MR) is 132 cm³/mol. The van der Waals surface area contributed by atoms with Crippen molar-refractivity contribution < 1.29 is 18.3 Å². The van der Waals surface area contributed by atoms with Crippen LogP contribution < -0.4 is 11.5 Å². The fourth-order valence-corrected chi connectivity index (χ4v) is 5.35. The molecule has 0 radical (unpaired) electrons. The molecule has 5 heterocycles. The third-order valence-corrected chi connectivity index (χ3v) is 7.30. The van der Waals surface area contributed by atoms with E-state index in [1.807, 2.05) is 0 Å². The number of alkyl halides is 3. The number of piperidine rings is 1. The summed E-state index contributed by atoms with van der Waals surface area (Å²) in [4.78, 5) is 22.3. The van der Waals surface area contributed by atoms with Crippen LogP contribution in [0.4, 0.5) is 19.0 Å². The maximum atomic E-state index is 17.3. The molecule has 4 atom stereocenters. The minimum absolute atomic E-state index is 0.00298. The van der Waals surface area contributed by atoms with E-state index < -0.39 is 34.9 Å². The molecule has 0 spiro atoms. The van der Waals surface area contributed by atoms with E-state index in [-0.39, 0.29) is 38.3 Å². The Balaban J connectivity index is 1.57. The summed E-state index contributed by atoms with van der Waals surface area (Å²) in [5.41, 5.74) is 12.0. The highest BCUT2D eigenvalue weighted by Crippen LogP contribution is 2.42. The third-order valence-electron chi connectivity index (χ3n) is 6.95. The molecule has 2 aliphatic heterocycles. The van der Waals surface area contributed by atoms with E-state index in [0.29, 0.717) is 22.6 Å². The second-order valence-corrected chi connectivity index (χ2v) is 9.67. The number of aliphatic hydroxyl groups is 1. The Hall–Kier alpha value is -3.13. The number of nitrogens with two attached hydrogens (primary N) is 2. The molecule has 3 aromatic heterocycles. The van der Waals surface area contributed by atoms with Crippen LogP contribution in [-0.2, 0) is 6.54 Å². The molecular weight excluding hydrogens is 511 g/mol. The van der Waals surface area contributed by atoms with Crippen molar-refractivity contribution in [2.45, 2.75) is 43.2 Å². The molecule has 37 heavy (non-hydrogen) atoms. The first kappa shape index (κ1) is 25.5. The van der Waals surface area contributed by atoms with Crippen molar-refractivity contribution in [2.75, 3.05) is 18.8 Å². The van der Waals surface area contributed by atoms with Crippen LogP contribution in [0.2, 0.25) is 0 Å². The summed E-state index contributed by atoms with van der Waals surface area (Å²) in [6.07, 6.45) is 1.09. The summed E-state index contributed by atoms with van der Waals surface area (Å²) in [5.74, 6) is -3.25. The largest absolute Gasteiger partial charge is 0.385 e. The molecule has 3 unspecified atom stereocenters. The maximum absolute atomic E-state index is 17.3. The van der Waals surface area contributed by atoms with E-state index in [4.69, 9.17) is 23.1 Å². The molecule has 2 aliphatic rings. The second-order valence-electron chi connectivity index (χ2n) is 9.31. The van der Waals surface area contributed by atoms with Crippen molar-refractivity contribution in [2.24, 2.45) is 16.6 Å². The molecule has 5 N–H and O–H groups in total. The number of imidazole rings is 1. The van der Waals surface area contributed by atoms with Gasteiger partial charge in [-0.1, -0.05) is 17.7 Å². The van der Waals surface area contributed by atoms with Crippen molar-refractivity contribution in [3.8, 4) is 0 Å². The Kier molecular flexibility index (Phi) is 6.64. The number of aromatic nitrogens is 5. The van der Waals surface area contributed by atoms with Gasteiger partial charge in [0.25, 0.3) is 6.43 Å². The molecule has 196 valence electrons. The smallest absolute Gasteiger partial charge is 0.265 e. The second kappa shape index (κ2) is 9.63. The van der Waals surface area contributed by atoms with Crippen molar-refractivity contribution in [3.63, 3.8) is 0 Å². The first-order valence-corrected chi connectivity index (χ1v) is 12.0. The maximum Gasteiger partial charge on any atom is 0.265 e. The minimum Gasteiger partial charge on any atom is -0.385 e. The van der Waals surface area contributed by atoms with Gasteiger partial charge in [0.2, 0.25) is 5.79 Å². The number of aliphatic hydroxyl groups excluding tert-OH is 1. The number of hydrogen-bond donors (Lipinski definition) is 3. The van der Waals surface area contributed by atoms with Gasteiger partial charge in [-0.05, 0) is 31.1 Å². The van der Waals surface area contributed by atoms with E-state index >= 15 is 4.39 Å². The standard InChI is InChI=1S/C23H25ClF3N9O/c24-21-23(27,36-7-3-5-22(29,10-36)17(37)18(25)26)13(8-15(34-21)14-4-1-2-6-30-14)9-35-12-33-16-19(28)31-11-32-20(16)35/h1-2,4,6,8,11-13,17-18,37H,3,5,7,9-10,29H2,(H2,28,31,32)/t13?,17?,22-,23?/m1/s1. The number of anilines is 1. The molecule has 3 aromatic rings. The summed E-state index contributed by atoms with van der Waals surface area (Å²) in [7, 11) is 0. The van der Waals surface area contributed by atoms with Crippen molar-refractivity contribution in [1.82, 2.24) is 29.4 Å². The molecule has 10 nitrogen and oxygen atoms in total. The van der Waals surface area contributed by atoms with Crippen LogP contribution in [0.3, 0.4) is 0 Å². The molecule has 0 aliphatic carbocycles. The van der Waals surface area contributed by atoms with Gasteiger partial charge in [-0.25, -0.2) is 33.1 Å². The Labute approximate surface area is 214 Å². The first-order valence-electron chi connectivity index (χ1n) is 11.6. The van der Waals surface area contributed by atoms with E-state index in [2.05, 4.69) is 24.9 Å². The van der Waals surface area contributed by atoms with Crippen LogP contribution in [0.15, 0.2) is 48.1 Å². The number of nitrogens with zero attached hydrogens (tertiary/aromatic N) is 7. The minimum atomic E-state index is -3.08. The van der Waals surface area contributed by atoms with E-state index in [1.54, 1.807) is 35.0 Å². The van der Waals surface area contributed by atoms with Gasteiger partial charge >= 0.3 is 0 Å². The Morgan fingerprint density at radius 3 is 2.76 bits per heavy atom. The molecule has 1 saturated heterocycles. The summed E-state index contributed by atoms with van der Waals surface area (Å²) in [6, 6.07) is 5.22. The number of likely N-dealkylation sites (tertiary alicyclic amines) is 1. The highest BCUT2D eigenvalue weighted by molar-refractivity contribution is 6.67. The molecule has 0 saturated carbocycles. The lowest BCUT2D eigenvalue weighted by molar-refractivity contribution is -0.101. The number of nitrogen functional groups attached to an aromatic ring is 1. The number of halogens is 4. The number of fused-ring (bicyclic) bond motifs is 1. The lowest BCUT2D eigenvalue weighted by Crippen LogP contribution is -2.68. The van der Waals surface area contributed by atoms with Gasteiger partial charge in [0.05, 0.1) is 29.2 Å². The zero-order valence-electron chi connectivity index (χ0n) is 19.6. The monoisotopic (exact) mass is 535 g/mol. The van der Waals surface area contributed by atoms with Gasteiger partial charge in [-0.2, -0.15) is 0 Å². The summed E-state index contributed by atoms with van der Waals surface area (Å²) < 4.78 is 45.7. The van der Waals surface area contributed by atoms with Crippen molar-refractivity contribution in [3.05, 3.63) is 48.8 Å². The summed E-state index contributed by atoms with van der Waals surface area (Å²) >= 11 is 6.56. The van der Waals surface area contributed by atoms with Crippen LogP contribution >= 0.6 is 11.6 Å². The number of rotatable bonds is 6. The molecule has 0 aromatic carbocycles. The van der Waals surface area contributed by atoms with Gasteiger partial charge in [0.1, 0.15) is 17.9 Å². The highest BCUT2D eigenvalue weighted by atomic mass is 35.5. The molecular formula is C23H25ClF3N9O. The normalized spacial score (nSPS) is 27.8. The van der Waals surface area contributed by atoms with E-state index in [9.17, 15) is 13.9 Å². The zero-order chi connectivity index (χ0) is 26.4. The predicted octanol–water partition coefficient (Wildman–Crippen LogP) is 2.20. The molecule has 1 fully saturated rings. The molecule has 0 bridgehead atoms. The average Bonchev–Trinajstić information content (AvgIpc) is 3.30. The topological polar surface area (TPSA) is 144 Å². The summed E-state index contributed by atoms with van der Waals surface area (Å²) in [5, 5.41) is 9.75. The lowest BCUT2D eigenvalue weighted by atomic mass is 9.81. The van der Waals surface area contributed by atoms with Gasteiger partial charge < -0.3 is 21.1 Å². The number of aliphatic imine (C=N–C) groups is 1. The van der Waals surface area contributed by atoms with E-state index in [0.717, 1.165) is 0 Å². The zero-order valence-corrected chi connectivity index (χ0v) is 20.3. The van der Waals surface area contributed by atoms with E-state index in [1.165, 1.54) is 17.6 Å². The quantitative estimate of drug-likeness (QED) is 0.407. The lowest BCUT2D eigenvalue weighted by Gasteiger charge is -2.50. The molecule has 14 heteroatoms. The first-order chi connectivity index (χ1) is 17.6. The Morgan fingerprint density at radius 1 is 1.22 bits per heavy atom. The molecule has 5 rings (SSSR count). The van der Waals surface area contributed by atoms with Crippen LogP contribution in [0.5, 0.6) is 0 Å². The van der Waals surface area contributed by atoms with Crippen LogP contribution in [0, 0.1) is 5.92 Å². The van der Waals surface area contributed by atoms with Crippen LogP contribution in [0.25, 0.3) is 16.9 Å². The summed E-state index contributed by atoms with van der Waals surface area (Å²) in [6.45, 7) is -0.193. The van der Waals surface area contributed by atoms with Crippen LogP contribution in [0.1, 0.15) is 18.5 Å². The van der Waals surface area contributed by atoms with Crippen molar-refractivity contribution in [1.29, 1.82) is 0 Å². The molecule has 0 amide bonds. The van der Waals surface area contributed by atoms with Gasteiger partial charge in [0, 0.05) is 25.8 Å². The van der Waals surface area contributed by atoms with Gasteiger partial charge in [-0.3, -0.25) is 9.88 Å². The fourth-order valence-electron chi connectivity index (χ4n) is 5.00. The highest BCUT2D eigenvalue weighted by Gasteiger charge is 2.55. The van der Waals surface area contributed by atoms with Crippen molar-refractivity contribution >= 4 is 39.5 Å². The Bertz CT molecular complexity index is 1350. The number of pyridine rings is 1. The fraction of sp³-hybridized carbons (Fsp3) is 0.435. The third kappa shape index (κ3) is 4.45. The van der Waals surface area contributed by atoms with Gasteiger partial charge in [0.15, 0.2) is 16.6 Å². The number of hydrogen-bond acceptors (Lipinski definition) is 9. The van der Waals surface area contributed by atoms with Gasteiger partial charge in [-0.15, -0.1) is 0 Å². The SMILES string of the molecule is Nc1ncnc2c1ncn2CC1C=C(c2ccccn2)N=C(Cl)C1(F)N1CCC[C@](N)(C(O)C(F)F)C1. The average molecular weight is 536 g/mol. The van der Waals surface area contributed by atoms with Crippen LogP contribution in [-0.4, -0.2) is 76.6 Å².